The van der Waals surface area contributed by atoms with Gasteiger partial charge in [-0.2, -0.15) is 0 Å². The third-order valence-electron chi connectivity index (χ3n) is 3.42. The highest BCUT2D eigenvalue weighted by Gasteiger charge is 2.27. The van der Waals surface area contributed by atoms with Gasteiger partial charge >= 0.3 is 0 Å². The van der Waals surface area contributed by atoms with E-state index >= 15 is 0 Å². The maximum atomic E-state index is 5.76. The fourth-order valence-electron chi connectivity index (χ4n) is 1.96. The summed E-state index contributed by atoms with van der Waals surface area (Å²) in [6.07, 6.45) is 4.68. The van der Waals surface area contributed by atoms with E-state index in [0.717, 1.165) is 18.4 Å². The molecule has 1 aromatic heterocycles. The van der Waals surface area contributed by atoms with Crippen LogP contribution in [0.5, 0.6) is 0 Å². The Morgan fingerprint density at radius 2 is 2.19 bits per heavy atom. The number of rotatable bonds is 5. The van der Waals surface area contributed by atoms with E-state index in [1.54, 1.807) is 0 Å². The Labute approximate surface area is 102 Å². The van der Waals surface area contributed by atoms with Gasteiger partial charge in [0.05, 0.1) is 0 Å². The third-order valence-corrected chi connectivity index (χ3v) is 3.65. The van der Waals surface area contributed by atoms with Crippen LogP contribution in [0.3, 0.4) is 0 Å². The molecule has 16 heavy (non-hydrogen) atoms. The van der Waals surface area contributed by atoms with Gasteiger partial charge in [0.1, 0.15) is 5.15 Å². The van der Waals surface area contributed by atoms with Crippen molar-refractivity contribution >= 4 is 11.6 Å². The first kappa shape index (κ1) is 11.9. The summed E-state index contributed by atoms with van der Waals surface area (Å²) in [5, 5.41) is 4.11. The number of halogens is 1. The Bertz CT molecular complexity index is 332. The summed E-state index contributed by atoms with van der Waals surface area (Å²) in [5.41, 5.74) is 1.20. The highest BCUT2D eigenvalue weighted by atomic mass is 35.5. The molecule has 3 heteroatoms. The minimum Gasteiger partial charge on any atom is -0.310 e. The van der Waals surface area contributed by atoms with Gasteiger partial charge in [-0.15, -0.1) is 0 Å². The molecule has 2 unspecified atom stereocenters. The molecule has 1 aromatic rings. The minimum absolute atomic E-state index is 0.353. The Morgan fingerprint density at radius 3 is 2.75 bits per heavy atom. The zero-order chi connectivity index (χ0) is 11.5. The maximum Gasteiger partial charge on any atom is 0.129 e. The minimum atomic E-state index is 0.353. The molecular weight excluding hydrogens is 220 g/mol. The van der Waals surface area contributed by atoms with Crippen molar-refractivity contribution in [1.82, 2.24) is 10.3 Å². The van der Waals surface area contributed by atoms with Crippen LogP contribution in [0.15, 0.2) is 18.3 Å². The molecule has 0 radical (unpaired) electrons. The second-order valence-corrected chi connectivity index (χ2v) is 5.25. The lowest BCUT2D eigenvalue weighted by Crippen LogP contribution is -2.25. The van der Waals surface area contributed by atoms with E-state index in [9.17, 15) is 0 Å². The molecule has 1 aliphatic rings. The fraction of sp³-hybridized carbons (Fsp3) is 0.615. The molecule has 1 saturated carbocycles. The number of hydrogen-bond acceptors (Lipinski definition) is 2. The van der Waals surface area contributed by atoms with E-state index in [-0.39, 0.29) is 0 Å². The van der Waals surface area contributed by atoms with Gasteiger partial charge in [-0.25, -0.2) is 4.98 Å². The lowest BCUT2D eigenvalue weighted by atomic mass is 10.1. The number of nitrogens with zero attached hydrogens (tertiary/aromatic N) is 1. The number of nitrogens with one attached hydrogen (secondary N) is 1. The summed E-state index contributed by atoms with van der Waals surface area (Å²) in [5.74, 6) is 1.76. The Balaban J connectivity index is 1.82. The summed E-state index contributed by atoms with van der Waals surface area (Å²) in [4.78, 5) is 4.10. The largest absolute Gasteiger partial charge is 0.310 e. The normalized spacial score (nSPS) is 19.4. The second-order valence-electron chi connectivity index (χ2n) is 4.86. The fourth-order valence-corrected chi connectivity index (χ4v) is 2.07. The average molecular weight is 239 g/mol. The summed E-state index contributed by atoms with van der Waals surface area (Å²) in [7, 11) is 0. The molecule has 0 aromatic carbocycles. The molecule has 0 spiro atoms. The first-order chi connectivity index (χ1) is 7.66. The third kappa shape index (κ3) is 3.19. The standard InChI is InChI=1S/C13H19ClN2/c1-9(11-3-4-11)7-15-10(2)12-5-6-13(14)16-8-12/h5-6,8-11,15H,3-4,7H2,1-2H3. The van der Waals surface area contributed by atoms with Crippen molar-refractivity contribution < 1.29 is 0 Å². The van der Waals surface area contributed by atoms with Crippen molar-refractivity contribution in [1.29, 1.82) is 0 Å². The zero-order valence-corrected chi connectivity index (χ0v) is 10.7. The molecule has 88 valence electrons. The highest BCUT2D eigenvalue weighted by molar-refractivity contribution is 6.29. The van der Waals surface area contributed by atoms with E-state index in [4.69, 9.17) is 11.6 Å². The maximum absolute atomic E-state index is 5.76. The predicted molar refractivity (Wildman–Crippen MR) is 67.6 cm³/mol. The van der Waals surface area contributed by atoms with Crippen LogP contribution in [-0.4, -0.2) is 11.5 Å². The summed E-state index contributed by atoms with van der Waals surface area (Å²) < 4.78 is 0. The first-order valence-electron chi connectivity index (χ1n) is 6.01. The van der Waals surface area contributed by atoms with Crippen molar-refractivity contribution in [3.8, 4) is 0 Å². The van der Waals surface area contributed by atoms with E-state index in [1.165, 1.54) is 18.4 Å². The lowest BCUT2D eigenvalue weighted by molar-refractivity contribution is 0.431. The van der Waals surface area contributed by atoms with Gasteiger partial charge in [0, 0.05) is 12.2 Å². The van der Waals surface area contributed by atoms with Crippen molar-refractivity contribution in [2.45, 2.75) is 32.7 Å². The van der Waals surface area contributed by atoms with E-state index in [1.807, 2.05) is 18.3 Å². The van der Waals surface area contributed by atoms with Gasteiger partial charge in [-0.3, -0.25) is 0 Å². The zero-order valence-electron chi connectivity index (χ0n) is 9.91. The molecule has 1 aliphatic carbocycles. The Hall–Kier alpha value is -0.600. The van der Waals surface area contributed by atoms with E-state index in [2.05, 4.69) is 24.1 Å². The lowest BCUT2D eigenvalue weighted by Gasteiger charge is -2.17. The highest BCUT2D eigenvalue weighted by Crippen LogP contribution is 2.36. The van der Waals surface area contributed by atoms with Crippen LogP contribution in [0.4, 0.5) is 0 Å². The molecule has 1 N–H and O–H groups in total. The van der Waals surface area contributed by atoms with Crippen LogP contribution >= 0.6 is 11.6 Å². The molecule has 1 fully saturated rings. The second kappa shape index (κ2) is 5.15. The van der Waals surface area contributed by atoms with Gasteiger partial charge in [-0.05, 0) is 49.8 Å². The van der Waals surface area contributed by atoms with Crippen LogP contribution in [0.2, 0.25) is 5.15 Å². The first-order valence-corrected chi connectivity index (χ1v) is 6.39. The molecule has 0 aliphatic heterocycles. The molecule has 0 saturated heterocycles. The number of pyridine rings is 1. The molecule has 0 amide bonds. The summed E-state index contributed by atoms with van der Waals surface area (Å²) in [6.45, 7) is 5.59. The predicted octanol–water partition coefficient (Wildman–Crippen LogP) is 3.43. The summed E-state index contributed by atoms with van der Waals surface area (Å²) in [6, 6.07) is 4.24. The molecule has 2 rings (SSSR count). The topological polar surface area (TPSA) is 24.9 Å². The van der Waals surface area contributed by atoms with Gasteiger partial charge in [-0.1, -0.05) is 24.6 Å². The number of hydrogen-bond donors (Lipinski definition) is 1. The van der Waals surface area contributed by atoms with Crippen LogP contribution in [0, 0.1) is 11.8 Å². The molecule has 2 atom stereocenters. The van der Waals surface area contributed by atoms with Crippen LogP contribution in [0.25, 0.3) is 0 Å². The average Bonchev–Trinajstić information content (AvgIpc) is 3.10. The summed E-state index contributed by atoms with van der Waals surface area (Å²) >= 11 is 5.76. The van der Waals surface area contributed by atoms with E-state index in [0.29, 0.717) is 11.2 Å². The van der Waals surface area contributed by atoms with Gasteiger partial charge in [0.15, 0.2) is 0 Å². The monoisotopic (exact) mass is 238 g/mol. The van der Waals surface area contributed by atoms with Crippen molar-refractivity contribution in [2.24, 2.45) is 11.8 Å². The molecular formula is C13H19ClN2. The van der Waals surface area contributed by atoms with Crippen LogP contribution in [0.1, 0.15) is 38.3 Å². The van der Waals surface area contributed by atoms with Gasteiger partial charge in [0.2, 0.25) is 0 Å². The molecule has 0 bridgehead atoms. The van der Waals surface area contributed by atoms with Gasteiger partial charge in [0.25, 0.3) is 0 Å². The van der Waals surface area contributed by atoms with Crippen LogP contribution in [-0.2, 0) is 0 Å². The molecule has 2 nitrogen and oxygen atoms in total. The molecule has 1 heterocycles. The Kier molecular flexibility index (Phi) is 3.82. The SMILES string of the molecule is CC(NCC(C)C1CC1)c1ccc(Cl)nc1. The van der Waals surface area contributed by atoms with Crippen molar-refractivity contribution in [3.63, 3.8) is 0 Å². The number of aromatic nitrogens is 1. The smallest absolute Gasteiger partial charge is 0.129 e. The van der Waals surface area contributed by atoms with Crippen molar-refractivity contribution in [3.05, 3.63) is 29.0 Å². The van der Waals surface area contributed by atoms with E-state index < -0.39 is 0 Å². The Morgan fingerprint density at radius 1 is 1.44 bits per heavy atom. The quantitative estimate of drug-likeness (QED) is 0.795. The van der Waals surface area contributed by atoms with Gasteiger partial charge < -0.3 is 5.32 Å². The van der Waals surface area contributed by atoms with Crippen molar-refractivity contribution in [2.75, 3.05) is 6.54 Å². The van der Waals surface area contributed by atoms with Crippen LogP contribution < -0.4 is 5.32 Å².